The first kappa shape index (κ1) is 20.1. The van der Waals surface area contributed by atoms with Crippen molar-refractivity contribution >= 4 is 24.0 Å². The first-order valence-corrected chi connectivity index (χ1v) is 9.03. The minimum absolute atomic E-state index is 0.179. The van der Waals surface area contributed by atoms with Crippen molar-refractivity contribution in [3.05, 3.63) is 59.5 Å². The van der Waals surface area contributed by atoms with Crippen LogP contribution in [0.4, 0.5) is 0 Å². The largest absolute Gasteiger partial charge is 0.465 e. The molecule has 2 aromatic rings. The molecule has 1 fully saturated rings. The number of furan rings is 1. The van der Waals surface area contributed by atoms with Crippen molar-refractivity contribution in [3.63, 3.8) is 0 Å². The average molecular weight is 399 g/mol. The van der Waals surface area contributed by atoms with Crippen LogP contribution >= 0.6 is 0 Å². The minimum atomic E-state index is -0.415. The number of esters is 1. The van der Waals surface area contributed by atoms with E-state index in [0.29, 0.717) is 37.5 Å². The summed E-state index contributed by atoms with van der Waals surface area (Å²) in [4.78, 5) is 44.2. The number of rotatable bonds is 6. The van der Waals surface area contributed by atoms with E-state index in [4.69, 9.17) is 9.25 Å². The zero-order valence-electron chi connectivity index (χ0n) is 15.9. The summed E-state index contributed by atoms with van der Waals surface area (Å²) in [5.74, 6) is -0.502. The second-order valence-electron chi connectivity index (χ2n) is 6.27. The van der Waals surface area contributed by atoms with E-state index >= 15 is 0 Å². The Balaban J connectivity index is 1.40. The number of carbonyl (C=O) groups excluding carboxylic acids is 3. The fourth-order valence-electron chi connectivity index (χ4n) is 2.82. The number of ether oxygens (including phenoxy) is 1. The van der Waals surface area contributed by atoms with Gasteiger partial charge in [-0.3, -0.25) is 9.59 Å². The van der Waals surface area contributed by atoms with Gasteiger partial charge < -0.3 is 23.8 Å². The third kappa shape index (κ3) is 5.22. The van der Waals surface area contributed by atoms with E-state index in [9.17, 15) is 14.4 Å². The molecule has 0 atom stereocenters. The van der Waals surface area contributed by atoms with Crippen LogP contribution in [0.2, 0.25) is 0 Å². The second kappa shape index (κ2) is 9.54. The van der Waals surface area contributed by atoms with E-state index in [2.05, 4.69) is 9.89 Å². The maximum absolute atomic E-state index is 12.2. The summed E-state index contributed by atoms with van der Waals surface area (Å²) in [7, 11) is 1.32. The third-order valence-corrected chi connectivity index (χ3v) is 4.45. The number of benzene rings is 1. The quantitative estimate of drug-likeness (QED) is 0.413. The lowest BCUT2D eigenvalue weighted by Crippen LogP contribution is -2.51. The number of amides is 2. The zero-order valence-corrected chi connectivity index (χ0v) is 15.9. The summed E-state index contributed by atoms with van der Waals surface area (Å²) in [6.45, 7) is 1.52. The Hall–Kier alpha value is -3.62. The molecule has 0 aliphatic carbocycles. The van der Waals surface area contributed by atoms with Gasteiger partial charge in [-0.05, 0) is 29.8 Å². The highest BCUT2D eigenvalue weighted by Gasteiger charge is 2.26. The van der Waals surface area contributed by atoms with E-state index in [1.54, 1.807) is 46.2 Å². The van der Waals surface area contributed by atoms with Crippen molar-refractivity contribution in [3.8, 4) is 0 Å². The summed E-state index contributed by atoms with van der Waals surface area (Å²) >= 11 is 0. The Morgan fingerprint density at radius 2 is 1.76 bits per heavy atom. The molecule has 0 unspecified atom stereocenters. The van der Waals surface area contributed by atoms with Crippen molar-refractivity contribution in [2.24, 2.45) is 5.16 Å². The molecular weight excluding hydrogens is 378 g/mol. The topological polar surface area (TPSA) is 102 Å². The van der Waals surface area contributed by atoms with Gasteiger partial charge in [-0.2, -0.15) is 0 Å². The molecule has 29 heavy (non-hydrogen) atoms. The van der Waals surface area contributed by atoms with Gasteiger partial charge in [0.2, 0.25) is 0 Å². The van der Waals surface area contributed by atoms with Crippen molar-refractivity contribution in [1.82, 2.24) is 9.80 Å². The van der Waals surface area contributed by atoms with Gasteiger partial charge in [0, 0.05) is 26.2 Å². The van der Waals surface area contributed by atoms with E-state index in [1.165, 1.54) is 19.6 Å². The number of piperazine rings is 1. The molecule has 9 heteroatoms. The Labute approximate surface area is 167 Å². The van der Waals surface area contributed by atoms with Crippen LogP contribution in [0.3, 0.4) is 0 Å². The predicted octanol–water partition coefficient (Wildman–Crippen LogP) is 1.40. The van der Waals surface area contributed by atoms with Gasteiger partial charge in [-0.25, -0.2) is 4.79 Å². The molecular formula is C20H21N3O6. The van der Waals surface area contributed by atoms with Crippen LogP contribution in [0, 0.1) is 0 Å². The molecule has 3 rings (SSSR count). The van der Waals surface area contributed by atoms with Gasteiger partial charge in [-0.15, -0.1) is 0 Å². The minimum Gasteiger partial charge on any atom is -0.465 e. The SMILES string of the molecule is COC(=O)c1ccc(/C=N/OCC(=O)N2CCN(C(=O)c3ccco3)CC2)cc1. The van der Waals surface area contributed by atoms with E-state index in [0.717, 1.165) is 5.56 Å². The molecule has 0 bridgehead atoms. The fraction of sp³-hybridized carbons (Fsp3) is 0.300. The monoisotopic (exact) mass is 399 g/mol. The number of nitrogens with zero attached hydrogens (tertiary/aromatic N) is 3. The molecule has 9 nitrogen and oxygen atoms in total. The number of hydrogen-bond acceptors (Lipinski definition) is 7. The van der Waals surface area contributed by atoms with E-state index in [-0.39, 0.29) is 18.4 Å². The second-order valence-corrected chi connectivity index (χ2v) is 6.27. The van der Waals surface area contributed by atoms with Crippen LogP contribution in [0.1, 0.15) is 26.5 Å². The Kier molecular flexibility index (Phi) is 6.62. The first-order chi connectivity index (χ1) is 14.1. The van der Waals surface area contributed by atoms with Gasteiger partial charge >= 0.3 is 5.97 Å². The zero-order chi connectivity index (χ0) is 20.6. The highest BCUT2D eigenvalue weighted by molar-refractivity contribution is 5.92. The molecule has 0 N–H and O–H groups in total. The van der Waals surface area contributed by atoms with E-state index < -0.39 is 5.97 Å². The molecule has 0 radical (unpaired) electrons. The molecule has 2 amide bonds. The number of methoxy groups -OCH3 is 1. The van der Waals surface area contributed by atoms with Gasteiger partial charge in [0.05, 0.1) is 25.2 Å². The van der Waals surface area contributed by atoms with Crippen molar-refractivity contribution < 1.29 is 28.4 Å². The number of hydrogen-bond donors (Lipinski definition) is 0. The standard InChI is InChI=1S/C20H21N3O6/c1-27-20(26)16-6-4-15(5-7-16)13-21-29-14-18(24)22-8-10-23(11-9-22)19(25)17-3-2-12-28-17/h2-7,12-13H,8-11,14H2,1H3/b21-13+. The maximum atomic E-state index is 12.2. The smallest absolute Gasteiger partial charge is 0.337 e. The summed E-state index contributed by atoms with van der Waals surface area (Å²) in [6, 6.07) is 9.89. The van der Waals surface area contributed by atoms with Crippen LogP contribution in [-0.2, 0) is 14.4 Å². The highest BCUT2D eigenvalue weighted by atomic mass is 16.6. The Morgan fingerprint density at radius 3 is 2.38 bits per heavy atom. The molecule has 152 valence electrons. The Bertz CT molecular complexity index is 868. The van der Waals surface area contributed by atoms with Crippen LogP contribution in [0.25, 0.3) is 0 Å². The Morgan fingerprint density at radius 1 is 1.07 bits per heavy atom. The molecule has 0 spiro atoms. The maximum Gasteiger partial charge on any atom is 0.337 e. The predicted molar refractivity (Wildman–Crippen MR) is 103 cm³/mol. The number of carbonyl (C=O) groups is 3. The van der Waals surface area contributed by atoms with Crippen molar-refractivity contribution in [1.29, 1.82) is 0 Å². The summed E-state index contributed by atoms with van der Waals surface area (Å²) in [5, 5.41) is 3.78. The van der Waals surface area contributed by atoms with Crippen molar-refractivity contribution in [2.45, 2.75) is 0 Å². The van der Waals surface area contributed by atoms with Crippen LogP contribution < -0.4 is 0 Å². The molecule has 1 aliphatic rings. The van der Waals surface area contributed by atoms with Crippen molar-refractivity contribution in [2.75, 3.05) is 39.9 Å². The summed E-state index contributed by atoms with van der Waals surface area (Å²) in [6.07, 6.45) is 2.91. The normalized spacial score (nSPS) is 14.1. The molecule has 1 saturated heterocycles. The summed E-state index contributed by atoms with van der Waals surface area (Å²) < 4.78 is 9.75. The molecule has 1 aromatic carbocycles. The van der Waals surface area contributed by atoms with Gasteiger partial charge in [0.15, 0.2) is 12.4 Å². The van der Waals surface area contributed by atoms with Crippen LogP contribution in [-0.4, -0.2) is 73.7 Å². The fourth-order valence-corrected chi connectivity index (χ4v) is 2.82. The molecule has 1 aromatic heterocycles. The van der Waals surface area contributed by atoms with Gasteiger partial charge in [0.25, 0.3) is 11.8 Å². The average Bonchev–Trinajstić information content (AvgIpc) is 3.31. The lowest BCUT2D eigenvalue weighted by atomic mass is 10.1. The lowest BCUT2D eigenvalue weighted by Gasteiger charge is -2.34. The van der Waals surface area contributed by atoms with Gasteiger partial charge in [0.1, 0.15) is 0 Å². The van der Waals surface area contributed by atoms with Crippen LogP contribution in [0.5, 0.6) is 0 Å². The third-order valence-electron chi connectivity index (χ3n) is 4.45. The van der Waals surface area contributed by atoms with Gasteiger partial charge in [-0.1, -0.05) is 17.3 Å². The van der Waals surface area contributed by atoms with E-state index in [1.807, 2.05) is 0 Å². The molecule has 2 heterocycles. The molecule has 1 aliphatic heterocycles. The lowest BCUT2D eigenvalue weighted by molar-refractivity contribution is -0.137. The number of oxime groups is 1. The van der Waals surface area contributed by atoms with Crippen LogP contribution in [0.15, 0.2) is 52.2 Å². The first-order valence-electron chi connectivity index (χ1n) is 9.03. The summed E-state index contributed by atoms with van der Waals surface area (Å²) in [5.41, 5.74) is 1.15. The molecule has 0 saturated carbocycles. The highest BCUT2D eigenvalue weighted by Crippen LogP contribution is 2.10.